The molecule has 0 aromatic carbocycles. The summed E-state index contributed by atoms with van der Waals surface area (Å²) in [5, 5.41) is 8.30. The van der Waals surface area contributed by atoms with Gasteiger partial charge in [-0.3, -0.25) is 4.79 Å². The molecule has 0 bridgehead atoms. The van der Waals surface area contributed by atoms with Crippen LogP contribution in [-0.2, 0) is 4.79 Å². The van der Waals surface area contributed by atoms with E-state index in [1.807, 2.05) is 13.0 Å². The summed E-state index contributed by atoms with van der Waals surface area (Å²) in [5.74, 6) is -0.115. The second-order valence-corrected chi connectivity index (χ2v) is 6.58. The predicted molar refractivity (Wildman–Crippen MR) is 82.7 cm³/mol. The Labute approximate surface area is 125 Å². The molecule has 1 aromatic rings. The Morgan fingerprint density at radius 3 is 3.05 bits per heavy atom. The third-order valence-electron chi connectivity index (χ3n) is 2.28. The SMILES string of the molecule is CC(=O)NC1SN(S)N=C1Sc1cc(C)c(N)cn1. The molecule has 9 heteroatoms. The van der Waals surface area contributed by atoms with Gasteiger partial charge in [0.25, 0.3) is 0 Å². The van der Waals surface area contributed by atoms with Crippen LogP contribution < -0.4 is 11.1 Å². The van der Waals surface area contributed by atoms with Gasteiger partial charge < -0.3 is 11.1 Å². The molecule has 102 valence electrons. The van der Waals surface area contributed by atoms with Crippen molar-refractivity contribution in [3.05, 3.63) is 17.8 Å². The molecule has 1 amide bonds. The maximum atomic E-state index is 11.1. The molecular weight excluding hydrogens is 302 g/mol. The van der Waals surface area contributed by atoms with Gasteiger partial charge in [0, 0.05) is 18.9 Å². The first kappa shape index (κ1) is 14.4. The van der Waals surface area contributed by atoms with Crippen LogP contribution in [0.15, 0.2) is 22.4 Å². The molecule has 6 nitrogen and oxygen atoms in total. The van der Waals surface area contributed by atoms with Gasteiger partial charge in [-0.25, -0.2) is 4.98 Å². The Balaban J connectivity index is 2.13. The maximum absolute atomic E-state index is 11.1. The number of aromatic nitrogens is 1. The highest BCUT2D eigenvalue weighted by atomic mass is 32.2. The van der Waals surface area contributed by atoms with Crippen LogP contribution in [0.4, 0.5) is 5.69 Å². The van der Waals surface area contributed by atoms with Crippen LogP contribution in [0, 0.1) is 6.92 Å². The summed E-state index contributed by atoms with van der Waals surface area (Å²) >= 11 is 6.84. The average Bonchev–Trinajstić information content (AvgIpc) is 2.63. The first-order valence-electron chi connectivity index (χ1n) is 5.37. The summed E-state index contributed by atoms with van der Waals surface area (Å²) < 4.78 is 1.42. The van der Waals surface area contributed by atoms with Crippen molar-refractivity contribution in [2.75, 3.05) is 5.73 Å². The van der Waals surface area contributed by atoms with Gasteiger partial charge in [0.1, 0.15) is 15.4 Å². The Hall–Kier alpha value is -1.06. The molecule has 19 heavy (non-hydrogen) atoms. The van der Waals surface area contributed by atoms with E-state index in [4.69, 9.17) is 5.73 Å². The number of hydrogen-bond acceptors (Lipinski definition) is 8. The van der Waals surface area contributed by atoms with Gasteiger partial charge in [-0.2, -0.15) is 3.82 Å². The van der Waals surface area contributed by atoms with E-state index in [1.54, 1.807) is 6.20 Å². The highest BCUT2D eigenvalue weighted by Crippen LogP contribution is 2.34. The van der Waals surface area contributed by atoms with E-state index < -0.39 is 0 Å². The number of aryl methyl sites for hydroxylation is 1. The number of nitrogens with zero attached hydrogens (tertiary/aromatic N) is 3. The number of anilines is 1. The maximum Gasteiger partial charge on any atom is 0.218 e. The number of nitrogen functional groups attached to an aromatic ring is 1. The molecule has 0 saturated carbocycles. The van der Waals surface area contributed by atoms with Crippen molar-refractivity contribution < 1.29 is 4.79 Å². The summed E-state index contributed by atoms with van der Waals surface area (Å²) in [6.45, 7) is 3.39. The number of nitrogens with one attached hydrogen (secondary N) is 1. The van der Waals surface area contributed by atoms with E-state index in [9.17, 15) is 4.79 Å². The minimum atomic E-state index is -0.236. The number of thioether (sulfide) groups is 1. The van der Waals surface area contributed by atoms with Gasteiger partial charge in [-0.05, 0) is 43.1 Å². The van der Waals surface area contributed by atoms with Crippen molar-refractivity contribution in [2.45, 2.75) is 24.2 Å². The van der Waals surface area contributed by atoms with E-state index in [2.05, 4.69) is 28.2 Å². The minimum absolute atomic E-state index is 0.115. The molecule has 1 aliphatic rings. The number of carbonyl (C=O) groups excluding carboxylic acids is 1. The lowest BCUT2D eigenvalue weighted by atomic mass is 10.3. The predicted octanol–water partition coefficient (Wildman–Crippen LogP) is 1.65. The molecule has 2 heterocycles. The fraction of sp³-hybridized carbons (Fsp3) is 0.300. The molecule has 0 radical (unpaired) electrons. The Kier molecular flexibility index (Phi) is 4.48. The normalized spacial score (nSPS) is 18.4. The van der Waals surface area contributed by atoms with E-state index in [-0.39, 0.29) is 11.3 Å². The molecule has 1 unspecified atom stereocenters. The summed E-state index contributed by atoms with van der Waals surface area (Å²) in [5.41, 5.74) is 7.34. The largest absolute Gasteiger partial charge is 0.397 e. The van der Waals surface area contributed by atoms with Crippen molar-refractivity contribution in [3.8, 4) is 0 Å². The lowest BCUT2D eigenvalue weighted by Gasteiger charge is -2.11. The highest BCUT2D eigenvalue weighted by molar-refractivity contribution is 8.17. The molecule has 0 spiro atoms. The van der Waals surface area contributed by atoms with E-state index in [0.29, 0.717) is 5.69 Å². The molecule has 3 N–H and O–H groups in total. The van der Waals surface area contributed by atoms with Crippen molar-refractivity contribution in [1.82, 2.24) is 14.1 Å². The van der Waals surface area contributed by atoms with Gasteiger partial charge in [-0.1, -0.05) is 0 Å². The third-order valence-corrected chi connectivity index (χ3v) is 4.58. The standard InChI is InChI=1S/C10H13N5OS3/c1-5-3-8(12-4-7(5)11)18-10-9(13-6(2)16)19-15(17)14-10/h3-4,9,17H,11H2,1-2H3,(H,13,16). The number of nitrogens with two attached hydrogens (primary N) is 1. The van der Waals surface area contributed by atoms with Crippen LogP contribution in [0.5, 0.6) is 0 Å². The molecule has 0 fully saturated rings. The van der Waals surface area contributed by atoms with Crippen LogP contribution in [0.1, 0.15) is 12.5 Å². The van der Waals surface area contributed by atoms with Gasteiger partial charge in [-0.15, -0.1) is 5.10 Å². The Morgan fingerprint density at radius 1 is 1.68 bits per heavy atom. The monoisotopic (exact) mass is 315 g/mol. The number of pyridine rings is 1. The molecule has 0 saturated heterocycles. The molecule has 1 aliphatic heterocycles. The minimum Gasteiger partial charge on any atom is -0.397 e. The van der Waals surface area contributed by atoms with Crippen LogP contribution in [0.25, 0.3) is 0 Å². The molecule has 0 aliphatic carbocycles. The third kappa shape index (κ3) is 3.71. The molecule has 1 aromatic heterocycles. The second kappa shape index (κ2) is 5.93. The van der Waals surface area contributed by atoms with Gasteiger partial charge in [0.05, 0.1) is 11.9 Å². The van der Waals surface area contributed by atoms with Crippen LogP contribution >= 0.6 is 36.5 Å². The Morgan fingerprint density at radius 2 is 2.42 bits per heavy atom. The second-order valence-electron chi connectivity index (χ2n) is 3.86. The molecule has 1 atom stereocenters. The highest BCUT2D eigenvalue weighted by Gasteiger charge is 2.28. The lowest BCUT2D eigenvalue weighted by Crippen LogP contribution is -2.33. The van der Waals surface area contributed by atoms with Crippen molar-refractivity contribution in [3.63, 3.8) is 0 Å². The summed E-state index contributed by atoms with van der Waals surface area (Å²) in [4.78, 5) is 15.4. The van der Waals surface area contributed by atoms with Crippen LogP contribution in [0.2, 0.25) is 0 Å². The van der Waals surface area contributed by atoms with Crippen molar-refractivity contribution in [2.24, 2.45) is 5.10 Å². The topological polar surface area (TPSA) is 83.6 Å². The zero-order chi connectivity index (χ0) is 14.0. The van der Waals surface area contributed by atoms with Crippen molar-refractivity contribution >= 4 is 53.2 Å². The van der Waals surface area contributed by atoms with Gasteiger partial charge in [0.2, 0.25) is 5.91 Å². The van der Waals surface area contributed by atoms with Gasteiger partial charge >= 0.3 is 0 Å². The smallest absolute Gasteiger partial charge is 0.218 e. The number of thiol groups is 1. The number of hydrogen-bond donors (Lipinski definition) is 3. The van der Waals surface area contributed by atoms with E-state index in [0.717, 1.165) is 15.6 Å². The first-order valence-corrected chi connectivity index (χ1v) is 7.42. The van der Waals surface area contributed by atoms with Crippen LogP contribution in [0.3, 0.4) is 0 Å². The number of carbonyl (C=O) groups is 1. The molecule has 2 rings (SSSR count). The van der Waals surface area contributed by atoms with E-state index >= 15 is 0 Å². The average molecular weight is 315 g/mol. The zero-order valence-electron chi connectivity index (χ0n) is 10.3. The van der Waals surface area contributed by atoms with E-state index in [1.165, 1.54) is 34.5 Å². The summed E-state index contributed by atoms with van der Waals surface area (Å²) in [6, 6.07) is 1.89. The number of amides is 1. The quantitative estimate of drug-likeness (QED) is 0.568. The molecular formula is C10H13N5OS3. The summed E-state index contributed by atoms with van der Waals surface area (Å²) in [7, 11) is 0. The van der Waals surface area contributed by atoms with Gasteiger partial charge in [0.15, 0.2) is 0 Å². The first-order chi connectivity index (χ1) is 8.95. The lowest BCUT2D eigenvalue weighted by molar-refractivity contribution is -0.118. The summed E-state index contributed by atoms with van der Waals surface area (Å²) in [6.07, 6.45) is 1.62. The van der Waals surface area contributed by atoms with Crippen molar-refractivity contribution in [1.29, 1.82) is 0 Å². The fourth-order valence-electron chi connectivity index (χ4n) is 1.35. The fourth-order valence-corrected chi connectivity index (χ4v) is 3.64. The number of rotatable bonds is 2. The Bertz CT molecular complexity index is 536. The number of hydrazone groups is 1. The van der Waals surface area contributed by atoms with Crippen LogP contribution in [-0.4, -0.2) is 25.1 Å². The zero-order valence-corrected chi connectivity index (χ0v) is 12.9.